The van der Waals surface area contributed by atoms with Gasteiger partial charge in [-0.05, 0) is 12.1 Å². The third-order valence-corrected chi connectivity index (χ3v) is 2.84. The number of rotatable bonds is 2. The highest BCUT2D eigenvalue weighted by Gasteiger charge is 2.02. The Balaban J connectivity index is 2.66. The van der Waals surface area contributed by atoms with E-state index in [0.29, 0.717) is 0 Å². The van der Waals surface area contributed by atoms with Crippen LogP contribution in [0.25, 0.3) is 17.0 Å². The number of fused-ring (bicyclic) bond motifs is 1. The summed E-state index contributed by atoms with van der Waals surface area (Å²) in [5.41, 5.74) is 1.96. The number of aliphatic hydroxyl groups is 1. The number of pyridine rings is 1. The number of nitrogens with zero attached hydrogens (tertiary/aromatic N) is 1. The fraction of sp³-hybridized carbons (Fsp3) is 0.0833. The van der Waals surface area contributed by atoms with E-state index >= 15 is 0 Å². The summed E-state index contributed by atoms with van der Waals surface area (Å²) in [6.07, 6.45) is 5.35. The third kappa shape index (κ3) is 2.08. The summed E-state index contributed by atoms with van der Waals surface area (Å²) in [5, 5.41) is 9.82. The largest absolute Gasteiger partial charge is 0.392 e. The minimum atomic E-state index is 0.0460. The molecule has 0 saturated carbocycles. The minimum absolute atomic E-state index is 0.0460. The lowest BCUT2D eigenvalue weighted by Crippen LogP contribution is -1.84. The van der Waals surface area contributed by atoms with Gasteiger partial charge in [0.2, 0.25) is 0 Å². The van der Waals surface area contributed by atoms with Crippen molar-refractivity contribution in [2.24, 2.45) is 0 Å². The maximum Gasteiger partial charge on any atom is 0.0785 e. The van der Waals surface area contributed by atoms with Crippen molar-refractivity contribution in [3.05, 3.63) is 46.6 Å². The van der Waals surface area contributed by atoms with Gasteiger partial charge in [-0.25, -0.2) is 0 Å². The number of benzene rings is 1. The molecular weight excluding hydrogens is 254 g/mol. The highest BCUT2D eigenvalue weighted by Crippen LogP contribution is 2.25. The zero-order valence-electron chi connectivity index (χ0n) is 8.02. The second-order valence-electron chi connectivity index (χ2n) is 3.12. The highest BCUT2D eigenvalue weighted by atomic mass is 79.9. The summed E-state index contributed by atoms with van der Waals surface area (Å²) in [5.74, 6) is 0. The second kappa shape index (κ2) is 4.55. The first kappa shape index (κ1) is 10.3. The molecule has 1 aromatic carbocycles. The average molecular weight is 264 g/mol. The fourth-order valence-electron chi connectivity index (χ4n) is 1.47. The number of hydrogen-bond acceptors (Lipinski definition) is 2. The summed E-state index contributed by atoms with van der Waals surface area (Å²) in [7, 11) is 0. The molecule has 0 aliphatic rings. The first-order valence-electron chi connectivity index (χ1n) is 4.63. The number of hydrogen-bond donors (Lipinski definition) is 1. The molecule has 0 saturated heterocycles. The van der Waals surface area contributed by atoms with Gasteiger partial charge in [0, 0.05) is 21.6 Å². The lowest BCUT2D eigenvalue weighted by molar-refractivity contribution is 0.343. The summed E-state index contributed by atoms with van der Waals surface area (Å²) < 4.78 is 1.03. The summed E-state index contributed by atoms with van der Waals surface area (Å²) >= 11 is 3.49. The Morgan fingerprint density at radius 1 is 1.33 bits per heavy atom. The molecule has 2 rings (SSSR count). The van der Waals surface area contributed by atoms with E-state index in [1.165, 1.54) is 0 Å². The summed E-state index contributed by atoms with van der Waals surface area (Å²) in [6.45, 7) is 0.0460. The molecule has 76 valence electrons. The minimum Gasteiger partial charge on any atom is -0.392 e. The van der Waals surface area contributed by atoms with Crippen LogP contribution >= 0.6 is 15.9 Å². The van der Waals surface area contributed by atoms with Crippen LogP contribution in [0.5, 0.6) is 0 Å². The van der Waals surface area contributed by atoms with Crippen molar-refractivity contribution in [2.45, 2.75) is 0 Å². The van der Waals surface area contributed by atoms with Gasteiger partial charge >= 0.3 is 0 Å². The van der Waals surface area contributed by atoms with Crippen LogP contribution in [-0.4, -0.2) is 16.7 Å². The molecule has 1 N–H and O–H groups in total. The van der Waals surface area contributed by atoms with Crippen molar-refractivity contribution in [2.75, 3.05) is 6.61 Å². The van der Waals surface area contributed by atoms with Crippen molar-refractivity contribution in [3.63, 3.8) is 0 Å². The van der Waals surface area contributed by atoms with E-state index in [9.17, 15) is 0 Å². The van der Waals surface area contributed by atoms with Crippen LogP contribution in [0.2, 0.25) is 0 Å². The molecule has 0 aliphatic heterocycles. The van der Waals surface area contributed by atoms with Gasteiger partial charge in [0.1, 0.15) is 0 Å². The van der Waals surface area contributed by atoms with E-state index in [0.717, 1.165) is 20.9 Å². The van der Waals surface area contributed by atoms with Gasteiger partial charge in [0.15, 0.2) is 0 Å². The first-order chi connectivity index (χ1) is 7.33. The number of aromatic nitrogens is 1. The Morgan fingerprint density at radius 3 is 3.00 bits per heavy atom. The van der Waals surface area contributed by atoms with Crippen LogP contribution in [0, 0.1) is 0 Å². The summed E-state index contributed by atoms with van der Waals surface area (Å²) in [4.78, 5) is 4.33. The lowest BCUT2D eigenvalue weighted by Gasteiger charge is -2.02. The van der Waals surface area contributed by atoms with Crippen LogP contribution in [0.1, 0.15) is 5.56 Å². The smallest absolute Gasteiger partial charge is 0.0785 e. The SMILES string of the molecule is OC/C=C/c1ccc(Br)c2cccnc12. The van der Waals surface area contributed by atoms with E-state index in [1.807, 2.05) is 30.3 Å². The van der Waals surface area contributed by atoms with Gasteiger partial charge < -0.3 is 5.11 Å². The molecule has 0 radical (unpaired) electrons. The standard InChI is InChI=1S/C12H10BrNO/c13-11-6-5-9(3-2-8-15)12-10(11)4-1-7-14-12/h1-7,15H,8H2/b3-2+. The Kier molecular flexibility index (Phi) is 3.14. The van der Waals surface area contributed by atoms with Crippen LogP contribution in [0.4, 0.5) is 0 Å². The van der Waals surface area contributed by atoms with E-state index in [-0.39, 0.29) is 6.61 Å². The fourth-order valence-corrected chi connectivity index (χ4v) is 1.93. The van der Waals surface area contributed by atoms with Gasteiger partial charge in [-0.15, -0.1) is 0 Å². The van der Waals surface area contributed by atoms with E-state index in [4.69, 9.17) is 5.11 Å². The van der Waals surface area contributed by atoms with Gasteiger partial charge in [-0.2, -0.15) is 0 Å². The Labute approximate surface area is 96.4 Å². The van der Waals surface area contributed by atoms with Crippen LogP contribution in [-0.2, 0) is 0 Å². The highest BCUT2D eigenvalue weighted by molar-refractivity contribution is 9.10. The second-order valence-corrected chi connectivity index (χ2v) is 3.98. The van der Waals surface area contributed by atoms with Crippen molar-refractivity contribution in [3.8, 4) is 0 Å². The molecule has 0 atom stereocenters. The molecule has 15 heavy (non-hydrogen) atoms. The first-order valence-corrected chi connectivity index (χ1v) is 5.43. The van der Waals surface area contributed by atoms with Crippen molar-refractivity contribution in [1.29, 1.82) is 0 Å². The Morgan fingerprint density at radius 2 is 2.20 bits per heavy atom. The van der Waals surface area contributed by atoms with E-state index in [2.05, 4.69) is 20.9 Å². The van der Waals surface area contributed by atoms with Crippen LogP contribution in [0.3, 0.4) is 0 Å². The maximum absolute atomic E-state index is 8.74. The zero-order chi connectivity index (χ0) is 10.7. The van der Waals surface area contributed by atoms with Gasteiger partial charge in [-0.3, -0.25) is 4.98 Å². The number of aliphatic hydroxyl groups excluding tert-OH is 1. The normalized spacial score (nSPS) is 11.3. The van der Waals surface area contributed by atoms with Gasteiger partial charge in [0.25, 0.3) is 0 Å². The van der Waals surface area contributed by atoms with Crippen molar-refractivity contribution in [1.82, 2.24) is 4.98 Å². The third-order valence-electron chi connectivity index (χ3n) is 2.15. The van der Waals surface area contributed by atoms with Crippen LogP contribution < -0.4 is 0 Å². The van der Waals surface area contributed by atoms with Gasteiger partial charge in [0.05, 0.1) is 12.1 Å². The molecule has 0 amide bonds. The lowest BCUT2D eigenvalue weighted by atomic mass is 10.1. The van der Waals surface area contributed by atoms with E-state index < -0.39 is 0 Å². The van der Waals surface area contributed by atoms with Crippen molar-refractivity contribution < 1.29 is 5.11 Å². The monoisotopic (exact) mass is 263 g/mol. The predicted octanol–water partition coefficient (Wildman–Crippen LogP) is 3.00. The Bertz CT molecular complexity index is 508. The molecule has 1 aromatic heterocycles. The molecule has 1 heterocycles. The van der Waals surface area contributed by atoms with E-state index in [1.54, 1.807) is 12.3 Å². The average Bonchev–Trinajstić information content (AvgIpc) is 2.29. The molecule has 0 unspecified atom stereocenters. The molecular formula is C12H10BrNO. The van der Waals surface area contributed by atoms with Gasteiger partial charge in [-0.1, -0.05) is 40.2 Å². The van der Waals surface area contributed by atoms with Crippen LogP contribution in [0.15, 0.2) is 41.0 Å². The number of halogens is 1. The predicted molar refractivity (Wildman–Crippen MR) is 65.6 cm³/mol. The molecule has 0 aliphatic carbocycles. The molecule has 0 fully saturated rings. The molecule has 2 aromatic rings. The quantitative estimate of drug-likeness (QED) is 0.904. The molecule has 3 heteroatoms. The zero-order valence-corrected chi connectivity index (χ0v) is 9.61. The molecule has 0 bridgehead atoms. The molecule has 0 spiro atoms. The van der Waals surface area contributed by atoms with Crippen molar-refractivity contribution >= 4 is 32.9 Å². The summed E-state index contributed by atoms with van der Waals surface area (Å²) in [6, 6.07) is 7.89. The maximum atomic E-state index is 8.74. The Hall–Kier alpha value is -1.19. The molecule has 2 nitrogen and oxygen atoms in total. The topological polar surface area (TPSA) is 33.1 Å².